The zero-order valence-corrected chi connectivity index (χ0v) is 18.4. The van der Waals surface area contributed by atoms with E-state index in [1.165, 1.54) is 25.1 Å². The van der Waals surface area contributed by atoms with Gasteiger partial charge in [-0.2, -0.15) is 0 Å². The van der Waals surface area contributed by atoms with Crippen LogP contribution in [-0.2, 0) is 29.0 Å². The first-order valence-corrected chi connectivity index (χ1v) is 11.5. The smallest absolute Gasteiger partial charge is 0.328 e. The number of carboxylic acid groups (broad SMARTS) is 1. The first kappa shape index (κ1) is 22.7. The van der Waals surface area contributed by atoms with E-state index in [0.717, 1.165) is 11.1 Å². The molecule has 1 aromatic rings. The standard InChI is InChI=1S/C20H21N3O9S/c1-9-16(22-18(32-9)10-3-4-11(24)12(25)5-10)13(26)7-21-8-20(2)17(19(28)29)23-14(27)6-15(23)33(20,30)31/h3-5,8-9,15-17,24-25H,6-7H2,1-2H3,(H,28,29)/t9-,15-,16+,17+,20+/m1/s1. The Kier molecular flexibility index (Phi) is 5.19. The van der Waals surface area contributed by atoms with Gasteiger partial charge >= 0.3 is 5.97 Å². The highest BCUT2D eigenvalue weighted by Gasteiger charge is 2.69. The van der Waals surface area contributed by atoms with Crippen LogP contribution in [0.1, 0.15) is 25.8 Å². The number of fused-ring (bicyclic) bond motifs is 1. The van der Waals surface area contributed by atoms with Crippen LogP contribution in [-0.4, -0.2) is 93.3 Å². The van der Waals surface area contributed by atoms with E-state index in [9.17, 15) is 38.1 Å². The molecule has 0 unspecified atom stereocenters. The Morgan fingerprint density at radius 1 is 1.33 bits per heavy atom. The van der Waals surface area contributed by atoms with Gasteiger partial charge in [-0.3, -0.25) is 14.6 Å². The number of benzene rings is 1. The molecular weight excluding hydrogens is 458 g/mol. The lowest BCUT2D eigenvalue weighted by Gasteiger charge is -2.35. The fraction of sp³-hybridized carbons (Fsp3) is 0.450. The molecule has 0 aliphatic carbocycles. The van der Waals surface area contributed by atoms with Gasteiger partial charge in [0.05, 0.1) is 13.0 Å². The topological polar surface area (TPSA) is 183 Å². The Hall–Kier alpha value is -3.48. The van der Waals surface area contributed by atoms with E-state index >= 15 is 0 Å². The molecule has 0 radical (unpaired) electrons. The fourth-order valence-corrected chi connectivity index (χ4v) is 6.48. The van der Waals surface area contributed by atoms with Crippen molar-refractivity contribution in [2.75, 3.05) is 6.54 Å². The van der Waals surface area contributed by atoms with Crippen LogP contribution in [0.4, 0.5) is 0 Å². The largest absolute Gasteiger partial charge is 0.504 e. The Labute approximate surface area is 188 Å². The van der Waals surface area contributed by atoms with E-state index in [-0.39, 0.29) is 23.8 Å². The number of aliphatic imine (C=N–C) groups is 2. The lowest BCUT2D eigenvalue weighted by Crippen LogP contribution is -2.57. The third-order valence-corrected chi connectivity index (χ3v) is 8.78. The van der Waals surface area contributed by atoms with Crippen molar-refractivity contribution in [2.24, 2.45) is 9.98 Å². The minimum Gasteiger partial charge on any atom is -0.504 e. The van der Waals surface area contributed by atoms with Gasteiger partial charge in [-0.1, -0.05) is 0 Å². The number of phenols is 2. The van der Waals surface area contributed by atoms with Crippen molar-refractivity contribution in [2.45, 2.75) is 48.6 Å². The number of sulfone groups is 1. The van der Waals surface area contributed by atoms with Crippen molar-refractivity contribution < 1.29 is 42.9 Å². The zero-order valence-electron chi connectivity index (χ0n) is 17.6. The lowest BCUT2D eigenvalue weighted by molar-refractivity contribution is -0.156. The van der Waals surface area contributed by atoms with Crippen molar-refractivity contribution >= 4 is 39.6 Å². The fourth-order valence-electron chi connectivity index (χ4n) is 4.25. The minimum atomic E-state index is -4.07. The summed E-state index contributed by atoms with van der Waals surface area (Å²) in [5, 5.41) is 27.4. The number of β-lactam (4-membered cyclic amide) rings is 1. The summed E-state index contributed by atoms with van der Waals surface area (Å²) in [5.74, 6) is -3.16. The highest BCUT2D eigenvalue weighted by atomic mass is 32.2. The molecule has 33 heavy (non-hydrogen) atoms. The van der Waals surface area contributed by atoms with Crippen LogP contribution < -0.4 is 0 Å². The van der Waals surface area contributed by atoms with E-state index in [4.69, 9.17) is 4.74 Å². The number of hydrogen-bond acceptors (Lipinski definition) is 10. The molecule has 3 aliphatic rings. The maximum absolute atomic E-state index is 12.9. The normalized spacial score (nSPS) is 32.2. The molecule has 0 saturated carbocycles. The summed E-state index contributed by atoms with van der Waals surface area (Å²) in [4.78, 5) is 45.2. The third kappa shape index (κ3) is 3.34. The SMILES string of the molecule is C[C@H]1OC(c2ccc(O)c(O)c2)=N[C@@H]1C(=O)CN=C[C@@]1(C)[C@H](C(=O)O)N2C(=O)C[C@H]2S1(=O)=O. The molecule has 176 valence electrons. The van der Waals surface area contributed by atoms with E-state index in [2.05, 4.69) is 9.98 Å². The first-order chi connectivity index (χ1) is 15.4. The molecule has 3 aliphatic heterocycles. The molecule has 5 atom stereocenters. The second kappa shape index (κ2) is 7.54. The van der Waals surface area contributed by atoms with Crippen LogP contribution in [0.5, 0.6) is 11.5 Å². The number of amides is 1. The Balaban J connectivity index is 1.52. The third-order valence-electron chi connectivity index (χ3n) is 6.12. The van der Waals surface area contributed by atoms with Gasteiger partial charge in [0, 0.05) is 11.8 Å². The average Bonchev–Trinajstić information content (AvgIpc) is 3.18. The summed E-state index contributed by atoms with van der Waals surface area (Å²) < 4.78 is 29.3. The number of carbonyl (C=O) groups excluding carboxylic acids is 2. The molecule has 1 amide bonds. The minimum absolute atomic E-state index is 0.0827. The van der Waals surface area contributed by atoms with Crippen LogP contribution in [0.25, 0.3) is 0 Å². The number of rotatable bonds is 6. The van der Waals surface area contributed by atoms with Crippen LogP contribution in [0.15, 0.2) is 28.2 Å². The number of carboxylic acids is 1. The molecule has 3 heterocycles. The highest BCUT2D eigenvalue weighted by Crippen LogP contribution is 2.45. The van der Waals surface area contributed by atoms with E-state index in [0.29, 0.717) is 5.56 Å². The summed E-state index contributed by atoms with van der Waals surface area (Å²) >= 11 is 0. The number of phenolic OH excluding ortho intramolecular Hbond substituents is 2. The summed E-state index contributed by atoms with van der Waals surface area (Å²) in [5.41, 5.74) is 0.346. The molecule has 1 aromatic carbocycles. The highest BCUT2D eigenvalue weighted by molar-refractivity contribution is 7.94. The van der Waals surface area contributed by atoms with Gasteiger partial charge in [0.25, 0.3) is 0 Å². The van der Waals surface area contributed by atoms with Crippen LogP contribution >= 0.6 is 0 Å². The predicted octanol–water partition coefficient (Wildman–Crippen LogP) is -0.530. The molecule has 3 N–H and O–H groups in total. The Bertz CT molecular complexity index is 1230. The molecule has 13 heteroatoms. The molecule has 0 aromatic heterocycles. The van der Waals surface area contributed by atoms with Gasteiger partial charge in [0.2, 0.25) is 11.8 Å². The van der Waals surface area contributed by atoms with Crippen LogP contribution in [0, 0.1) is 0 Å². The molecule has 0 bridgehead atoms. The average molecular weight is 479 g/mol. The van der Waals surface area contributed by atoms with E-state index < -0.39 is 62.4 Å². The maximum Gasteiger partial charge on any atom is 0.328 e. The van der Waals surface area contributed by atoms with Gasteiger partial charge in [-0.15, -0.1) is 0 Å². The first-order valence-electron chi connectivity index (χ1n) is 9.96. The van der Waals surface area contributed by atoms with Gasteiger partial charge in [-0.05, 0) is 32.0 Å². The summed E-state index contributed by atoms with van der Waals surface area (Å²) in [6.45, 7) is 2.30. The van der Waals surface area contributed by atoms with Gasteiger partial charge in [0.1, 0.15) is 16.2 Å². The lowest BCUT2D eigenvalue weighted by atomic mass is 9.97. The number of aliphatic carboxylic acids is 1. The molecule has 0 spiro atoms. The summed E-state index contributed by atoms with van der Waals surface area (Å²) in [6.07, 6.45) is -0.0283. The van der Waals surface area contributed by atoms with Gasteiger partial charge < -0.3 is 25.0 Å². The van der Waals surface area contributed by atoms with E-state index in [1.807, 2.05) is 0 Å². The Morgan fingerprint density at radius 3 is 2.64 bits per heavy atom. The number of nitrogens with zero attached hydrogens (tertiary/aromatic N) is 3. The number of aromatic hydroxyl groups is 2. The maximum atomic E-state index is 12.9. The van der Waals surface area contributed by atoms with Crippen molar-refractivity contribution in [3.63, 3.8) is 0 Å². The van der Waals surface area contributed by atoms with Gasteiger partial charge in [-0.25, -0.2) is 18.2 Å². The monoisotopic (exact) mass is 479 g/mol. The van der Waals surface area contributed by atoms with Crippen molar-refractivity contribution in [3.05, 3.63) is 23.8 Å². The zero-order chi connectivity index (χ0) is 24.3. The number of ketones is 1. The van der Waals surface area contributed by atoms with Crippen molar-refractivity contribution in [1.29, 1.82) is 0 Å². The summed E-state index contributed by atoms with van der Waals surface area (Å²) in [7, 11) is -4.07. The molecule has 12 nitrogen and oxygen atoms in total. The van der Waals surface area contributed by atoms with Crippen LogP contribution in [0.3, 0.4) is 0 Å². The molecular formula is C20H21N3O9S. The van der Waals surface area contributed by atoms with Crippen LogP contribution in [0.2, 0.25) is 0 Å². The second-order valence-electron chi connectivity index (χ2n) is 8.27. The Morgan fingerprint density at radius 2 is 2.03 bits per heavy atom. The molecule has 2 saturated heterocycles. The number of hydrogen-bond donors (Lipinski definition) is 3. The number of Topliss-reactive ketones (excluding diaryl/α,β-unsaturated/α-hetero) is 1. The second-order valence-corrected chi connectivity index (χ2v) is 10.8. The number of carbonyl (C=O) groups is 3. The summed E-state index contributed by atoms with van der Waals surface area (Å²) in [6, 6.07) is 1.34. The number of ether oxygens (including phenoxy) is 1. The quantitative estimate of drug-likeness (QED) is 0.274. The molecule has 2 fully saturated rings. The van der Waals surface area contributed by atoms with Crippen molar-refractivity contribution in [1.82, 2.24) is 4.90 Å². The molecule has 4 rings (SSSR count). The predicted molar refractivity (Wildman–Crippen MR) is 113 cm³/mol. The van der Waals surface area contributed by atoms with E-state index in [1.54, 1.807) is 6.92 Å². The van der Waals surface area contributed by atoms with Gasteiger partial charge in [0.15, 0.2) is 39.2 Å². The van der Waals surface area contributed by atoms with Crippen molar-refractivity contribution in [3.8, 4) is 11.5 Å².